The van der Waals surface area contributed by atoms with Crippen LogP contribution in [0.5, 0.6) is 0 Å². The molecule has 0 bridgehead atoms. The minimum Gasteiger partial charge on any atom is -0.393 e. The zero-order chi connectivity index (χ0) is 18.3. The Bertz CT molecular complexity index is 600. The van der Waals surface area contributed by atoms with Crippen molar-refractivity contribution >= 4 is 47.9 Å². The first-order valence-corrected chi connectivity index (χ1v) is 10.6. The average Bonchev–Trinajstić information content (AvgIpc) is 2.47. The van der Waals surface area contributed by atoms with Gasteiger partial charge in [-0.3, -0.25) is 0 Å². The number of hydrogen-bond donors (Lipinski definition) is 1. The molecule has 134 valence electrons. The number of anilines is 1. The fourth-order valence-electron chi connectivity index (χ4n) is 2.91. The van der Waals surface area contributed by atoms with E-state index in [4.69, 9.17) is 21.1 Å². The molecule has 2 atom stereocenters. The van der Waals surface area contributed by atoms with Crippen LogP contribution < -0.4 is 4.90 Å². The van der Waals surface area contributed by atoms with Gasteiger partial charge in [-0.25, -0.2) is 8.60 Å². The maximum absolute atomic E-state index is 13.9. The molecular weight excluding hydrogens is 398 g/mol. The van der Waals surface area contributed by atoms with Crippen LogP contribution in [0.15, 0.2) is 12.1 Å². The third-order valence-electron chi connectivity index (χ3n) is 3.87. The normalized spacial score (nSPS) is 20.1. The second-order valence-corrected chi connectivity index (χ2v) is 8.27. The van der Waals surface area contributed by atoms with E-state index in [1.807, 2.05) is 6.92 Å². The Hall–Kier alpha value is -0.580. The van der Waals surface area contributed by atoms with Crippen LogP contribution in [0.1, 0.15) is 38.2 Å². The summed E-state index contributed by atoms with van der Waals surface area (Å²) < 4.78 is 23.0. The predicted octanol–water partition coefficient (Wildman–Crippen LogP) is 4.52. The Morgan fingerprint density at radius 3 is 2.54 bits per heavy atom. The number of aliphatic hydroxyl groups excluding tert-OH is 1. The molecule has 2 rings (SSSR count). The highest BCUT2D eigenvalue weighted by Gasteiger charge is 2.26. The zero-order valence-electron chi connectivity index (χ0n) is 13.0. The minimum atomic E-state index is -1.67. The molecule has 0 amide bonds. The molecule has 9 heteroatoms. The Morgan fingerprint density at radius 1 is 1.46 bits per heavy atom. The highest BCUT2D eigenvalue weighted by atomic mass is 36.0. The summed E-state index contributed by atoms with van der Waals surface area (Å²) in [6.45, 7) is 2.70. The van der Waals surface area contributed by atoms with E-state index in [0.29, 0.717) is 18.7 Å². The van der Waals surface area contributed by atoms with E-state index in [2.05, 4.69) is 26.3 Å². The molecule has 1 aromatic carbocycles. The number of rotatable bonds is 3. The molecule has 2 unspecified atom stereocenters. The molecular formula is C15H18Cl3FN2O2S. The molecule has 1 aromatic rings. The maximum atomic E-state index is 13.9. The Balaban J connectivity index is 0.000000648. The van der Waals surface area contributed by atoms with Gasteiger partial charge in [0.25, 0.3) is 0 Å². The summed E-state index contributed by atoms with van der Waals surface area (Å²) >= 11 is 5.96. The number of halogens is 4. The van der Waals surface area contributed by atoms with Gasteiger partial charge in [-0.2, -0.15) is 5.26 Å². The fourth-order valence-corrected chi connectivity index (χ4v) is 3.15. The zero-order valence-corrected chi connectivity index (χ0v) is 16.1. The van der Waals surface area contributed by atoms with Crippen molar-refractivity contribution in [1.82, 2.24) is 0 Å². The number of nitrogens with zero attached hydrogens (tertiary/aromatic N) is 2. The molecule has 0 aliphatic heterocycles. The topological polar surface area (TPSA) is 64.3 Å². The highest BCUT2D eigenvalue weighted by molar-refractivity contribution is 8.26. The van der Waals surface area contributed by atoms with Gasteiger partial charge in [0, 0.05) is 39.6 Å². The molecule has 1 N–H and O–H groups in total. The maximum Gasteiger partial charge on any atom is 0.211 e. The van der Waals surface area contributed by atoms with Crippen LogP contribution in [0.3, 0.4) is 0 Å². The monoisotopic (exact) mass is 414 g/mol. The summed E-state index contributed by atoms with van der Waals surface area (Å²) in [6.07, 6.45) is 3.17. The van der Waals surface area contributed by atoms with Gasteiger partial charge in [0.05, 0.1) is 11.1 Å². The summed E-state index contributed by atoms with van der Waals surface area (Å²) in [5.41, 5.74) is 0.559. The lowest BCUT2D eigenvalue weighted by atomic mass is 9.91. The third kappa shape index (κ3) is 6.38. The smallest absolute Gasteiger partial charge is 0.211 e. The van der Waals surface area contributed by atoms with Crippen molar-refractivity contribution in [2.24, 2.45) is 0 Å². The largest absolute Gasteiger partial charge is 0.393 e. The molecule has 0 spiro atoms. The molecule has 1 aliphatic carbocycles. The molecule has 1 aliphatic rings. The molecule has 0 saturated heterocycles. The van der Waals surface area contributed by atoms with E-state index in [9.17, 15) is 9.50 Å². The van der Waals surface area contributed by atoms with Crippen molar-refractivity contribution in [3.05, 3.63) is 28.5 Å². The van der Waals surface area contributed by atoms with Gasteiger partial charge in [0.15, 0.2) is 0 Å². The number of benzene rings is 1. The summed E-state index contributed by atoms with van der Waals surface area (Å²) in [5, 5.41) is 18.8. The summed E-state index contributed by atoms with van der Waals surface area (Å²) in [5.74, 6) is -0.593. The second-order valence-electron chi connectivity index (χ2n) is 5.34. The van der Waals surface area contributed by atoms with Gasteiger partial charge in [-0.1, -0.05) is 11.6 Å². The van der Waals surface area contributed by atoms with Gasteiger partial charge >= 0.3 is 0 Å². The van der Waals surface area contributed by atoms with Crippen molar-refractivity contribution < 1.29 is 13.7 Å². The molecule has 24 heavy (non-hydrogen) atoms. The van der Waals surface area contributed by atoms with Gasteiger partial charge in [0.2, 0.25) is 9.23 Å². The van der Waals surface area contributed by atoms with Crippen LogP contribution in [0.2, 0.25) is 5.02 Å². The van der Waals surface area contributed by atoms with E-state index in [0.717, 1.165) is 19.3 Å². The number of nitriles is 1. The quantitative estimate of drug-likeness (QED) is 0.737. The van der Waals surface area contributed by atoms with E-state index in [1.165, 1.54) is 6.07 Å². The minimum absolute atomic E-state index is 0.116. The predicted molar refractivity (Wildman–Crippen MR) is 97.3 cm³/mol. The molecule has 0 radical (unpaired) electrons. The molecule has 0 heterocycles. The van der Waals surface area contributed by atoms with Gasteiger partial charge in [0.1, 0.15) is 17.4 Å². The third-order valence-corrected chi connectivity index (χ3v) is 4.17. The van der Waals surface area contributed by atoms with Crippen LogP contribution >= 0.6 is 33.0 Å². The fraction of sp³-hybridized carbons (Fsp3) is 0.533. The Morgan fingerprint density at radius 2 is 2.08 bits per heavy atom. The van der Waals surface area contributed by atoms with Crippen LogP contribution in [-0.4, -0.2) is 28.0 Å². The SMILES string of the molecule is CCN(c1cc(F)c(C#N)c(Cl)c1)C1CCCC(O)C1.O=S(Cl)Cl. The highest BCUT2D eigenvalue weighted by Crippen LogP contribution is 2.31. The van der Waals surface area contributed by atoms with Crippen LogP contribution in [-0.2, 0) is 9.23 Å². The second kappa shape index (κ2) is 10.4. The lowest BCUT2D eigenvalue weighted by Crippen LogP contribution is -2.40. The first kappa shape index (κ1) is 21.5. The first-order chi connectivity index (χ1) is 11.3. The lowest BCUT2D eigenvalue weighted by molar-refractivity contribution is 0.118. The van der Waals surface area contributed by atoms with Crippen LogP contribution in [0.25, 0.3) is 0 Å². The van der Waals surface area contributed by atoms with E-state index in [-0.39, 0.29) is 22.7 Å². The van der Waals surface area contributed by atoms with Gasteiger partial charge in [-0.15, -0.1) is 0 Å². The first-order valence-electron chi connectivity index (χ1n) is 7.38. The average molecular weight is 416 g/mol. The van der Waals surface area contributed by atoms with E-state index >= 15 is 0 Å². The number of hydrogen-bond acceptors (Lipinski definition) is 4. The molecule has 1 fully saturated rings. The summed E-state index contributed by atoms with van der Waals surface area (Å²) in [6, 6.07) is 4.94. The van der Waals surface area contributed by atoms with E-state index in [1.54, 1.807) is 12.1 Å². The van der Waals surface area contributed by atoms with Crippen LogP contribution in [0.4, 0.5) is 10.1 Å². The van der Waals surface area contributed by atoms with Crippen LogP contribution in [0, 0.1) is 17.1 Å². The lowest BCUT2D eigenvalue weighted by Gasteiger charge is -2.37. The van der Waals surface area contributed by atoms with Crippen molar-refractivity contribution in [3.63, 3.8) is 0 Å². The standard InChI is InChI=1S/C15H18ClFN2O.Cl2OS/c1-2-19(10-4-3-5-12(20)6-10)11-7-14(16)13(9-18)15(17)8-11;1-4(2)3/h7-8,10,12,20H,2-6H2,1H3;. The molecule has 1 saturated carbocycles. The number of aliphatic hydroxyl groups is 1. The van der Waals surface area contributed by atoms with Gasteiger partial charge in [-0.05, 0) is 44.7 Å². The molecule has 4 nitrogen and oxygen atoms in total. The Kier molecular flexibility index (Phi) is 9.32. The summed E-state index contributed by atoms with van der Waals surface area (Å²) in [7, 11) is 7.36. The molecule has 0 aromatic heterocycles. The van der Waals surface area contributed by atoms with Crippen molar-refractivity contribution in [2.45, 2.75) is 44.8 Å². The van der Waals surface area contributed by atoms with Crippen molar-refractivity contribution in [2.75, 3.05) is 11.4 Å². The summed E-state index contributed by atoms with van der Waals surface area (Å²) in [4.78, 5) is 2.05. The van der Waals surface area contributed by atoms with Gasteiger partial charge < -0.3 is 10.0 Å². The van der Waals surface area contributed by atoms with Crippen molar-refractivity contribution in [3.8, 4) is 6.07 Å². The van der Waals surface area contributed by atoms with Crippen molar-refractivity contribution in [1.29, 1.82) is 5.26 Å². The Labute approximate surface area is 157 Å². The van der Waals surface area contributed by atoms with E-state index < -0.39 is 15.0 Å².